The van der Waals surface area contributed by atoms with E-state index in [-0.39, 0.29) is 55.3 Å². The molecular weight excluding hydrogens is 720 g/mol. The zero-order chi connectivity index (χ0) is 41.3. The highest BCUT2D eigenvalue weighted by Gasteiger charge is 2.56. The maximum absolute atomic E-state index is 14.3. The summed E-state index contributed by atoms with van der Waals surface area (Å²) in [6.45, 7) is 11.7. The van der Waals surface area contributed by atoms with Gasteiger partial charge in [-0.05, 0) is 113 Å². The number of hydrogen-bond acceptors (Lipinski definition) is 11. The smallest absolute Gasteiger partial charge is 0.329 e. The van der Waals surface area contributed by atoms with Crippen LogP contribution in [0.3, 0.4) is 0 Å². The van der Waals surface area contributed by atoms with Gasteiger partial charge in [-0.1, -0.05) is 50.5 Å². The van der Waals surface area contributed by atoms with E-state index in [1.165, 1.54) is 12.0 Å². The number of piperidine rings is 1. The monoisotopic (exact) mass is 786 g/mol. The van der Waals surface area contributed by atoms with Gasteiger partial charge in [-0.3, -0.25) is 14.4 Å². The molecule has 2 saturated heterocycles. The lowest BCUT2D eigenvalue weighted by Gasteiger charge is -2.47. The van der Waals surface area contributed by atoms with Gasteiger partial charge in [0.15, 0.2) is 0 Å². The number of rotatable bonds is 6. The van der Waals surface area contributed by atoms with Crippen LogP contribution in [0.1, 0.15) is 119 Å². The lowest BCUT2D eigenvalue weighted by molar-refractivity contribution is -0.302. The van der Waals surface area contributed by atoms with E-state index >= 15 is 0 Å². The molecule has 2 bridgehead atoms. The highest BCUT2D eigenvalue weighted by Crippen LogP contribution is 2.39. The Morgan fingerprint density at radius 3 is 2.41 bits per heavy atom. The number of ketones is 2. The Kier molecular flexibility index (Phi) is 16.7. The molecule has 1 amide bonds. The van der Waals surface area contributed by atoms with E-state index in [1.54, 1.807) is 14.0 Å². The maximum atomic E-state index is 14.3. The van der Waals surface area contributed by atoms with E-state index in [9.17, 15) is 29.4 Å². The number of azide groups is 1. The number of aliphatic hydroxyl groups is 2. The zero-order valence-electron chi connectivity index (χ0n) is 34.7. The van der Waals surface area contributed by atoms with Gasteiger partial charge in [0, 0.05) is 43.9 Å². The van der Waals surface area contributed by atoms with Crippen LogP contribution in [0.15, 0.2) is 28.4 Å². The molecule has 3 heterocycles. The molecule has 56 heavy (non-hydrogen) atoms. The van der Waals surface area contributed by atoms with Crippen molar-refractivity contribution in [2.45, 2.75) is 167 Å². The van der Waals surface area contributed by atoms with Crippen LogP contribution < -0.4 is 0 Å². The Morgan fingerprint density at radius 2 is 1.75 bits per heavy atom. The second-order valence-corrected chi connectivity index (χ2v) is 17.0. The lowest BCUT2D eigenvalue weighted by atomic mass is 9.81. The minimum Gasteiger partial charge on any atom is -0.456 e. The molecule has 0 spiro atoms. The van der Waals surface area contributed by atoms with Gasteiger partial charge in [-0.15, -0.1) is 0 Å². The van der Waals surface area contributed by atoms with Crippen molar-refractivity contribution >= 4 is 23.4 Å². The molecule has 13 unspecified atom stereocenters. The molecule has 1 saturated carbocycles. The summed E-state index contributed by atoms with van der Waals surface area (Å²) in [6, 6.07) is -1.65. The van der Waals surface area contributed by atoms with Gasteiger partial charge >= 0.3 is 5.97 Å². The standard InChI is InChI=1S/C42H66N4O10/c1-9-30-19-24(2)18-25(3)20-35(53-7)38-36(54-8)22-28(6)42(52,56-38)39(49)40(50)46-17-11-10-12-32(46)41(51)55-37(26(4)13-15-33(30)47)27(5)21-29-14-16-34(48)31(23-29)44-45-43/h19,21,25-26,28-32,34-38,48,52H,9-18,20,22-23H2,1-8H3. The Morgan fingerprint density at radius 1 is 1.05 bits per heavy atom. The number of carbonyl (C=O) groups is 4. The van der Waals surface area contributed by atoms with Gasteiger partial charge in [0.1, 0.15) is 24.0 Å². The highest BCUT2D eigenvalue weighted by atomic mass is 16.7. The largest absolute Gasteiger partial charge is 0.456 e. The van der Waals surface area contributed by atoms with Crippen molar-refractivity contribution < 1.29 is 48.3 Å². The SMILES string of the molecule is CCC1C=C(C)CC(C)CC(OC)C2OC(O)(C(=O)C(=O)N3CCCCC3C(=O)OC(C(C)=CC3CCC(O)C(N=[N+]=[N-])C3)C(C)CCC1=O)C(C)CC2OC. The average molecular weight is 787 g/mol. The number of hydrogen-bond donors (Lipinski definition) is 2. The Bertz CT molecular complexity index is 1510. The van der Waals surface area contributed by atoms with Crippen molar-refractivity contribution in [2.75, 3.05) is 20.8 Å². The molecule has 2 N–H and O–H groups in total. The quantitative estimate of drug-likeness (QED) is 0.0785. The molecule has 4 rings (SSSR count). The third-order valence-corrected chi connectivity index (χ3v) is 12.7. The number of Topliss-reactive ketones (excluding diaryl/α,β-unsaturated/α-hetero) is 2. The van der Waals surface area contributed by atoms with E-state index in [0.29, 0.717) is 57.8 Å². The molecule has 3 fully saturated rings. The summed E-state index contributed by atoms with van der Waals surface area (Å²) in [5.41, 5.74) is 10.9. The number of aliphatic hydroxyl groups excluding tert-OH is 1. The van der Waals surface area contributed by atoms with Crippen LogP contribution in [0, 0.1) is 29.6 Å². The fourth-order valence-corrected chi connectivity index (χ4v) is 9.35. The molecular formula is C42H66N4O10. The van der Waals surface area contributed by atoms with Crippen LogP contribution in [0.5, 0.6) is 0 Å². The van der Waals surface area contributed by atoms with Gasteiger partial charge in [0.2, 0.25) is 5.79 Å². The normalized spacial score (nSPS) is 39.1. The number of amides is 1. The molecule has 14 nitrogen and oxygen atoms in total. The minimum atomic E-state index is -2.48. The number of ether oxygens (including phenoxy) is 4. The first-order valence-electron chi connectivity index (χ1n) is 20.7. The van der Waals surface area contributed by atoms with Crippen LogP contribution in [0.4, 0.5) is 0 Å². The molecule has 0 aromatic heterocycles. The molecule has 0 aromatic carbocycles. The zero-order valence-corrected chi connectivity index (χ0v) is 34.7. The molecule has 3 aliphatic heterocycles. The van der Waals surface area contributed by atoms with Gasteiger partial charge in [0.05, 0.1) is 24.4 Å². The summed E-state index contributed by atoms with van der Waals surface area (Å²) < 4.78 is 24.3. The maximum Gasteiger partial charge on any atom is 0.329 e. The first-order valence-corrected chi connectivity index (χ1v) is 20.7. The predicted octanol–water partition coefficient (Wildman–Crippen LogP) is 6.17. The van der Waals surface area contributed by atoms with Crippen LogP contribution in [-0.2, 0) is 38.1 Å². The van der Waals surface area contributed by atoms with Crippen LogP contribution in [-0.4, -0.2) is 108 Å². The highest BCUT2D eigenvalue weighted by molar-refractivity contribution is 6.39. The van der Waals surface area contributed by atoms with E-state index < -0.39 is 72.0 Å². The van der Waals surface area contributed by atoms with Crippen molar-refractivity contribution in [1.82, 2.24) is 4.90 Å². The summed E-state index contributed by atoms with van der Waals surface area (Å²) in [6.07, 6.45) is 6.34. The summed E-state index contributed by atoms with van der Waals surface area (Å²) >= 11 is 0. The average Bonchev–Trinajstić information content (AvgIpc) is 3.18. The Balaban J connectivity index is 1.74. The van der Waals surface area contributed by atoms with Crippen molar-refractivity contribution in [3.63, 3.8) is 0 Å². The second-order valence-electron chi connectivity index (χ2n) is 17.0. The summed E-state index contributed by atoms with van der Waals surface area (Å²) in [5, 5.41) is 26.2. The lowest BCUT2D eigenvalue weighted by Crippen LogP contribution is -2.64. The summed E-state index contributed by atoms with van der Waals surface area (Å²) in [4.78, 5) is 60.5. The summed E-state index contributed by atoms with van der Waals surface area (Å²) in [5.74, 6) is -6.55. The van der Waals surface area contributed by atoms with E-state index in [2.05, 4.69) is 16.9 Å². The van der Waals surface area contributed by atoms with Crippen LogP contribution in [0.2, 0.25) is 0 Å². The second kappa shape index (κ2) is 20.5. The Hall–Kier alpha value is -3.13. The number of fused-ring (bicyclic) bond motifs is 3. The number of cyclic esters (lactones) is 1. The summed E-state index contributed by atoms with van der Waals surface area (Å²) in [7, 11) is 3.08. The fourth-order valence-electron chi connectivity index (χ4n) is 9.35. The molecule has 13 atom stereocenters. The van der Waals surface area contributed by atoms with Crippen molar-refractivity contribution in [3.8, 4) is 0 Å². The predicted molar refractivity (Wildman–Crippen MR) is 209 cm³/mol. The third-order valence-electron chi connectivity index (χ3n) is 12.7. The topological polar surface area (TPSA) is 198 Å². The number of carbonyl (C=O) groups excluding carboxylic acids is 4. The number of nitrogens with zero attached hydrogens (tertiary/aromatic N) is 4. The fraction of sp³-hybridized carbons (Fsp3) is 0.810. The first-order chi connectivity index (χ1) is 26.6. The van der Waals surface area contributed by atoms with Crippen molar-refractivity contribution in [3.05, 3.63) is 33.7 Å². The molecule has 314 valence electrons. The molecule has 1 aliphatic carbocycles. The van der Waals surface area contributed by atoms with Crippen LogP contribution in [0.25, 0.3) is 10.4 Å². The van der Waals surface area contributed by atoms with Gasteiger partial charge in [0.25, 0.3) is 11.7 Å². The van der Waals surface area contributed by atoms with E-state index in [0.717, 1.165) is 11.1 Å². The van der Waals surface area contributed by atoms with E-state index in [4.69, 9.17) is 24.5 Å². The van der Waals surface area contributed by atoms with Gasteiger partial charge in [-0.2, -0.15) is 0 Å². The Labute approximate surface area is 332 Å². The minimum absolute atomic E-state index is 0.0469. The number of methoxy groups -OCH3 is 2. The number of esters is 1. The van der Waals surface area contributed by atoms with Crippen molar-refractivity contribution in [2.24, 2.45) is 34.7 Å². The van der Waals surface area contributed by atoms with Crippen molar-refractivity contribution in [1.29, 1.82) is 0 Å². The molecule has 4 aliphatic rings. The number of allylic oxidation sites excluding steroid dienone is 3. The molecule has 14 heteroatoms. The first kappa shape index (κ1) is 45.6. The van der Waals surface area contributed by atoms with Crippen LogP contribution >= 0.6 is 0 Å². The van der Waals surface area contributed by atoms with Gasteiger partial charge in [-0.25, -0.2) is 4.79 Å². The van der Waals surface area contributed by atoms with E-state index in [1.807, 2.05) is 39.8 Å². The van der Waals surface area contributed by atoms with Gasteiger partial charge < -0.3 is 34.1 Å². The molecule has 0 radical (unpaired) electrons. The third kappa shape index (κ3) is 10.9. The molecule has 0 aromatic rings.